The van der Waals surface area contributed by atoms with E-state index in [1.807, 2.05) is 0 Å². The molecule has 1 aromatic heterocycles. The van der Waals surface area contributed by atoms with Crippen LogP contribution in [0, 0.1) is 6.92 Å². The lowest BCUT2D eigenvalue weighted by atomic mass is 10.2. The van der Waals surface area contributed by atoms with E-state index in [0.717, 1.165) is 5.69 Å². The first kappa shape index (κ1) is 14.2. The highest BCUT2D eigenvalue weighted by Gasteiger charge is 2.11. The second-order valence-corrected chi connectivity index (χ2v) is 5.75. The molecule has 0 saturated heterocycles. The Balaban J connectivity index is 2.25. The summed E-state index contributed by atoms with van der Waals surface area (Å²) in [6.07, 6.45) is 0. The molecule has 2 aromatic rings. The number of nitrogens with one attached hydrogen (secondary N) is 1. The van der Waals surface area contributed by atoms with Crippen molar-refractivity contribution in [1.82, 2.24) is 4.98 Å². The van der Waals surface area contributed by atoms with Crippen LogP contribution in [0.2, 0.25) is 0 Å². The van der Waals surface area contributed by atoms with Gasteiger partial charge in [-0.1, -0.05) is 12.1 Å². The Hall–Kier alpha value is -2.25. The third-order valence-corrected chi connectivity index (χ3v) is 3.45. The van der Waals surface area contributed by atoms with Crippen molar-refractivity contribution in [3.63, 3.8) is 0 Å². The van der Waals surface area contributed by atoms with Crippen molar-refractivity contribution in [2.24, 2.45) is 5.14 Å². The Morgan fingerprint density at radius 2 is 1.90 bits per heavy atom. The van der Waals surface area contributed by atoms with Crippen molar-refractivity contribution in [2.45, 2.75) is 11.8 Å². The van der Waals surface area contributed by atoms with E-state index in [0.29, 0.717) is 5.69 Å². The third kappa shape index (κ3) is 3.40. The first-order chi connectivity index (χ1) is 9.36. The number of rotatable bonds is 3. The Bertz CT molecular complexity index is 757. The first-order valence-corrected chi connectivity index (χ1v) is 7.29. The molecule has 3 N–H and O–H groups in total. The average Bonchev–Trinajstić information content (AvgIpc) is 2.38. The van der Waals surface area contributed by atoms with Crippen molar-refractivity contribution < 1.29 is 13.2 Å². The minimum atomic E-state index is -3.80. The lowest BCUT2D eigenvalue weighted by Crippen LogP contribution is -2.15. The summed E-state index contributed by atoms with van der Waals surface area (Å²) >= 11 is 0. The molecule has 0 aliphatic heterocycles. The summed E-state index contributed by atoms with van der Waals surface area (Å²) in [6, 6.07) is 10.8. The molecule has 20 heavy (non-hydrogen) atoms. The number of hydrogen-bond acceptors (Lipinski definition) is 4. The largest absolute Gasteiger partial charge is 0.321 e. The van der Waals surface area contributed by atoms with Crippen LogP contribution < -0.4 is 10.5 Å². The van der Waals surface area contributed by atoms with E-state index in [-0.39, 0.29) is 10.6 Å². The van der Waals surface area contributed by atoms with Crippen molar-refractivity contribution in [2.75, 3.05) is 5.32 Å². The summed E-state index contributed by atoms with van der Waals surface area (Å²) in [6.45, 7) is 1.78. The Labute approximate surface area is 116 Å². The van der Waals surface area contributed by atoms with Gasteiger partial charge in [-0.25, -0.2) is 18.5 Å². The number of sulfonamides is 1. The van der Waals surface area contributed by atoms with E-state index < -0.39 is 15.9 Å². The van der Waals surface area contributed by atoms with Crippen LogP contribution in [0.5, 0.6) is 0 Å². The molecule has 0 aliphatic carbocycles. The van der Waals surface area contributed by atoms with E-state index in [1.54, 1.807) is 31.2 Å². The number of nitrogens with zero attached hydrogens (tertiary/aromatic N) is 1. The summed E-state index contributed by atoms with van der Waals surface area (Å²) in [5.41, 5.74) is 1.31. The number of nitrogens with two attached hydrogens (primary N) is 1. The third-order valence-electron chi connectivity index (χ3n) is 2.54. The molecule has 0 saturated carbocycles. The number of anilines is 1. The van der Waals surface area contributed by atoms with Crippen LogP contribution in [0.1, 0.15) is 16.2 Å². The molecule has 0 fully saturated rings. The number of aromatic nitrogens is 1. The number of amides is 1. The predicted octanol–water partition coefficient (Wildman–Crippen LogP) is 1.29. The molecule has 1 amide bonds. The van der Waals surface area contributed by atoms with Crippen LogP contribution in [0.15, 0.2) is 47.4 Å². The van der Waals surface area contributed by atoms with Gasteiger partial charge in [0.1, 0.15) is 5.69 Å². The van der Waals surface area contributed by atoms with Crippen molar-refractivity contribution in [3.8, 4) is 0 Å². The molecule has 1 aromatic carbocycles. The van der Waals surface area contributed by atoms with Crippen LogP contribution in [0.4, 0.5) is 5.69 Å². The fraction of sp³-hybridized carbons (Fsp3) is 0.0769. The van der Waals surface area contributed by atoms with Crippen molar-refractivity contribution in [3.05, 3.63) is 53.9 Å². The van der Waals surface area contributed by atoms with Gasteiger partial charge in [0.05, 0.1) is 4.90 Å². The van der Waals surface area contributed by atoms with Gasteiger partial charge in [-0.15, -0.1) is 0 Å². The summed E-state index contributed by atoms with van der Waals surface area (Å²) < 4.78 is 22.5. The quantitative estimate of drug-likeness (QED) is 0.889. The van der Waals surface area contributed by atoms with Crippen LogP contribution >= 0.6 is 0 Å². The zero-order chi connectivity index (χ0) is 14.8. The Kier molecular flexibility index (Phi) is 3.82. The highest BCUT2D eigenvalue weighted by molar-refractivity contribution is 7.89. The van der Waals surface area contributed by atoms with Crippen LogP contribution in [0.3, 0.4) is 0 Å². The fourth-order valence-corrected chi connectivity index (χ4v) is 2.17. The predicted molar refractivity (Wildman–Crippen MR) is 74.7 cm³/mol. The maximum absolute atomic E-state index is 12.0. The molecule has 0 atom stereocenters. The van der Waals surface area contributed by atoms with Crippen LogP contribution in [-0.4, -0.2) is 19.3 Å². The SMILES string of the molecule is Cc1cccc(C(=O)Nc2cccc(S(N)(=O)=O)c2)n1. The van der Waals surface area contributed by atoms with Gasteiger partial charge < -0.3 is 5.32 Å². The van der Waals surface area contributed by atoms with Crippen LogP contribution in [0.25, 0.3) is 0 Å². The van der Waals surface area contributed by atoms with Gasteiger partial charge in [0.2, 0.25) is 10.0 Å². The summed E-state index contributed by atoms with van der Waals surface area (Å²) in [5.74, 6) is -0.416. The van der Waals surface area contributed by atoms with E-state index in [4.69, 9.17) is 5.14 Å². The maximum atomic E-state index is 12.0. The summed E-state index contributed by atoms with van der Waals surface area (Å²) in [4.78, 5) is 16.0. The molecule has 1 heterocycles. The van der Waals surface area contributed by atoms with E-state index in [1.165, 1.54) is 18.2 Å². The minimum Gasteiger partial charge on any atom is -0.321 e. The molecule has 0 spiro atoms. The molecule has 2 rings (SSSR count). The molecule has 0 bridgehead atoms. The number of primary sulfonamides is 1. The van der Waals surface area contributed by atoms with Crippen molar-refractivity contribution >= 4 is 21.6 Å². The normalized spacial score (nSPS) is 11.1. The van der Waals surface area contributed by atoms with Gasteiger partial charge in [-0.05, 0) is 37.3 Å². The fourth-order valence-electron chi connectivity index (χ4n) is 1.62. The molecule has 6 nitrogen and oxygen atoms in total. The van der Waals surface area contributed by atoms with Gasteiger partial charge in [-0.3, -0.25) is 4.79 Å². The van der Waals surface area contributed by atoms with E-state index in [2.05, 4.69) is 10.3 Å². The maximum Gasteiger partial charge on any atom is 0.274 e. The molecular weight excluding hydrogens is 278 g/mol. The zero-order valence-electron chi connectivity index (χ0n) is 10.7. The second-order valence-electron chi connectivity index (χ2n) is 4.19. The standard InChI is InChI=1S/C13H13N3O3S/c1-9-4-2-7-12(15-9)13(17)16-10-5-3-6-11(8-10)20(14,18)19/h2-8H,1H3,(H,16,17)(H2,14,18,19). The highest BCUT2D eigenvalue weighted by Crippen LogP contribution is 2.14. The molecule has 0 radical (unpaired) electrons. The minimum absolute atomic E-state index is 0.0625. The number of carbonyl (C=O) groups is 1. The second kappa shape index (κ2) is 5.40. The Morgan fingerprint density at radius 3 is 2.55 bits per heavy atom. The summed E-state index contributed by atoms with van der Waals surface area (Å²) in [5, 5.41) is 7.61. The summed E-state index contributed by atoms with van der Waals surface area (Å²) in [7, 11) is -3.80. The number of hydrogen-bond donors (Lipinski definition) is 2. The number of benzene rings is 1. The molecule has 0 aliphatic rings. The lowest BCUT2D eigenvalue weighted by molar-refractivity contribution is 0.102. The number of carbonyl (C=O) groups excluding carboxylic acids is 1. The van der Waals surface area contributed by atoms with Gasteiger partial charge in [0.25, 0.3) is 5.91 Å². The average molecular weight is 291 g/mol. The van der Waals surface area contributed by atoms with E-state index >= 15 is 0 Å². The molecule has 0 unspecified atom stereocenters. The van der Waals surface area contributed by atoms with E-state index in [9.17, 15) is 13.2 Å². The Morgan fingerprint density at radius 1 is 1.20 bits per heavy atom. The zero-order valence-corrected chi connectivity index (χ0v) is 11.5. The molecule has 104 valence electrons. The highest BCUT2D eigenvalue weighted by atomic mass is 32.2. The first-order valence-electron chi connectivity index (χ1n) is 5.74. The van der Waals surface area contributed by atoms with Gasteiger partial charge in [0.15, 0.2) is 0 Å². The van der Waals surface area contributed by atoms with Gasteiger partial charge in [-0.2, -0.15) is 0 Å². The van der Waals surface area contributed by atoms with Gasteiger partial charge in [0, 0.05) is 11.4 Å². The van der Waals surface area contributed by atoms with Crippen molar-refractivity contribution in [1.29, 1.82) is 0 Å². The monoisotopic (exact) mass is 291 g/mol. The smallest absolute Gasteiger partial charge is 0.274 e. The molecule has 7 heteroatoms. The van der Waals surface area contributed by atoms with Crippen LogP contribution in [-0.2, 0) is 10.0 Å². The lowest BCUT2D eigenvalue weighted by Gasteiger charge is -2.06. The molecular formula is C13H13N3O3S. The number of pyridine rings is 1. The number of aryl methyl sites for hydroxylation is 1. The topological polar surface area (TPSA) is 102 Å². The van der Waals surface area contributed by atoms with Gasteiger partial charge >= 0.3 is 0 Å².